The number of aliphatic hydroxyl groups excluding tert-OH is 1. The van der Waals surface area contributed by atoms with Crippen molar-refractivity contribution < 1.29 is 5.11 Å². The van der Waals surface area contributed by atoms with E-state index in [0.717, 1.165) is 38.3 Å². The SMILES string of the molecule is CC(C)=CCC/C(C)=C/CN1CC[C@H](O)C[C@@H]1C1CC1. The van der Waals surface area contributed by atoms with E-state index in [9.17, 15) is 5.11 Å². The molecule has 1 aliphatic heterocycles. The Hall–Kier alpha value is -0.600. The summed E-state index contributed by atoms with van der Waals surface area (Å²) in [6.07, 6.45) is 11.7. The highest BCUT2D eigenvalue weighted by Crippen LogP contribution is 2.39. The lowest BCUT2D eigenvalue weighted by atomic mass is 9.95. The van der Waals surface area contributed by atoms with Crippen molar-refractivity contribution in [2.45, 2.75) is 71.4 Å². The molecule has 0 amide bonds. The fourth-order valence-electron chi connectivity index (χ4n) is 3.19. The zero-order valence-corrected chi connectivity index (χ0v) is 13.4. The van der Waals surface area contributed by atoms with Gasteiger partial charge >= 0.3 is 0 Å². The van der Waals surface area contributed by atoms with Crippen LogP contribution >= 0.6 is 0 Å². The number of allylic oxidation sites excluding steroid dienone is 3. The van der Waals surface area contributed by atoms with Crippen molar-refractivity contribution in [2.24, 2.45) is 5.92 Å². The molecule has 1 heterocycles. The van der Waals surface area contributed by atoms with Gasteiger partial charge in [0.1, 0.15) is 0 Å². The van der Waals surface area contributed by atoms with Crippen molar-refractivity contribution in [3.63, 3.8) is 0 Å². The maximum Gasteiger partial charge on any atom is 0.0567 e. The molecule has 1 saturated carbocycles. The van der Waals surface area contributed by atoms with Crippen molar-refractivity contribution in [3.05, 3.63) is 23.3 Å². The molecule has 0 radical (unpaired) electrons. The second-order valence-electron chi connectivity index (χ2n) is 6.95. The van der Waals surface area contributed by atoms with Gasteiger partial charge in [-0.2, -0.15) is 0 Å². The summed E-state index contributed by atoms with van der Waals surface area (Å²) in [6.45, 7) is 8.73. The molecule has 0 bridgehead atoms. The first kappa shape index (κ1) is 15.8. The Kier molecular flexibility index (Phi) is 5.86. The zero-order valence-electron chi connectivity index (χ0n) is 13.4. The van der Waals surface area contributed by atoms with E-state index < -0.39 is 0 Å². The highest BCUT2D eigenvalue weighted by molar-refractivity contribution is 5.04. The zero-order chi connectivity index (χ0) is 14.5. The van der Waals surface area contributed by atoms with Crippen LogP contribution < -0.4 is 0 Å². The van der Waals surface area contributed by atoms with Crippen LogP contribution in [0.2, 0.25) is 0 Å². The first-order valence-corrected chi connectivity index (χ1v) is 8.27. The van der Waals surface area contributed by atoms with Gasteiger partial charge in [0, 0.05) is 19.1 Å². The molecule has 0 spiro atoms. The summed E-state index contributed by atoms with van der Waals surface area (Å²) < 4.78 is 0. The lowest BCUT2D eigenvalue weighted by Gasteiger charge is -2.37. The van der Waals surface area contributed by atoms with Gasteiger partial charge in [-0.25, -0.2) is 0 Å². The Bertz CT molecular complexity index is 364. The quantitative estimate of drug-likeness (QED) is 0.744. The van der Waals surface area contributed by atoms with Crippen molar-refractivity contribution in [1.29, 1.82) is 0 Å². The monoisotopic (exact) mass is 277 g/mol. The first-order valence-electron chi connectivity index (χ1n) is 8.27. The van der Waals surface area contributed by atoms with E-state index in [2.05, 4.69) is 37.8 Å². The Labute approximate surface area is 124 Å². The van der Waals surface area contributed by atoms with E-state index in [1.165, 1.54) is 30.4 Å². The molecule has 2 heteroatoms. The number of aliphatic hydroxyl groups is 1. The minimum atomic E-state index is -0.0559. The molecular weight excluding hydrogens is 246 g/mol. The van der Waals surface area contributed by atoms with Crippen LogP contribution in [-0.2, 0) is 0 Å². The van der Waals surface area contributed by atoms with Crippen molar-refractivity contribution in [3.8, 4) is 0 Å². The largest absolute Gasteiger partial charge is 0.393 e. The number of hydrogen-bond donors (Lipinski definition) is 1. The third kappa shape index (κ3) is 5.06. The fraction of sp³-hybridized carbons (Fsp3) is 0.778. The lowest BCUT2D eigenvalue weighted by Crippen LogP contribution is -2.45. The highest BCUT2D eigenvalue weighted by atomic mass is 16.3. The van der Waals surface area contributed by atoms with Crippen molar-refractivity contribution in [2.75, 3.05) is 13.1 Å². The van der Waals surface area contributed by atoms with Crippen LogP contribution in [0.25, 0.3) is 0 Å². The molecule has 0 aromatic carbocycles. The predicted molar refractivity (Wildman–Crippen MR) is 85.7 cm³/mol. The number of rotatable bonds is 6. The minimum Gasteiger partial charge on any atom is -0.393 e. The second-order valence-corrected chi connectivity index (χ2v) is 6.95. The second kappa shape index (κ2) is 7.42. The van der Waals surface area contributed by atoms with Gasteiger partial charge in [-0.05, 0) is 65.2 Å². The summed E-state index contributed by atoms with van der Waals surface area (Å²) in [7, 11) is 0. The molecule has 20 heavy (non-hydrogen) atoms. The van der Waals surface area contributed by atoms with Crippen LogP contribution in [-0.4, -0.2) is 35.2 Å². The van der Waals surface area contributed by atoms with Crippen molar-refractivity contribution >= 4 is 0 Å². The summed E-state index contributed by atoms with van der Waals surface area (Å²) in [6, 6.07) is 0.639. The van der Waals surface area contributed by atoms with Gasteiger partial charge in [0.15, 0.2) is 0 Å². The van der Waals surface area contributed by atoms with Gasteiger partial charge in [0.05, 0.1) is 6.10 Å². The molecule has 2 fully saturated rings. The molecule has 1 saturated heterocycles. The predicted octanol–water partition coefficient (Wildman–Crippen LogP) is 3.91. The van der Waals surface area contributed by atoms with Gasteiger partial charge in [-0.3, -0.25) is 4.90 Å². The maximum absolute atomic E-state index is 9.87. The highest BCUT2D eigenvalue weighted by Gasteiger charge is 2.38. The summed E-state index contributed by atoms with van der Waals surface area (Å²) in [5, 5.41) is 9.87. The molecule has 2 atom stereocenters. The molecule has 0 unspecified atom stereocenters. The van der Waals surface area contributed by atoms with E-state index >= 15 is 0 Å². The summed E-state index contributed by atoms with van der Waals surface area (Å²) in [5.74, 6) is 0.865. The van der Waals surface area contributed by atoms with Gasteiger partial charge in [0.25, 0.3) is 0 Å². The average Bonchev–Trinajstić information content (AvgIpc) is 3.21. The van der Waals surface area contributed by atoms with Crippen LogP contribution in [0.15, 0.2) is 23.3 Å². The van der Waals surface area contributed by atoms with E-state index in [-0.39, 0.29) is 6.10 Å². The molecule has 2 nitrogen and oxygen atoms in total. The van der Waals surface area contributed by atoms with E-state index in [1.54, 1.807) is 0 Å². The number of likely N-dealkylation sites (tertiary alicyclic amines) is 1. The van der Waals surface area contributed by atoms with Crippen LogP contribution in [0.5, 0.6) is 0 Å². The smallest absolute Gasteiger partial charge is 0.0567 e. The number of nitrogens with zero attached hydrogens (tertiary/aromatic N) is 1. The molecule has 1 aliphatic carbocycles. The molecule has 0 aromatic heterocycles. The van der Waals surface area contributed by atoms with Crippen molar-refractivity contribution in [1.82, 2.24) is 4.90 Å². The molecule has 2 aliphatic rings. The standard InChI is InChI=1S/C18H31NO/c1-14(2)5-4-6-15(3)9-11-19-12-10-17(20)13-18(19)16-7-8-16/h5,9,16-18,20H,4,6-8,10-13H2,1-3H3/b15-9+/t17-,18+/m0/s1. The maximum atomic E-state index is 9.87. The van der Waals surface area contributed by atoms with Crippen LogP contribution in [0.4, 0.5) is 0 Å². The Morgan fingerprint density at radius 1 is 1.15 bits per heavy atom. The lowest BCUT2D eigenvalue weighted by molar-refractivity contribution is 0.0391. The Balaban J connectivity index is 1.80. The molecule has 2 rings (SSSR count). The Morgan fingerprint density at radius 3 is 2.55 bits per heavy atom. The average molecular weight is 277 g/mol. The normalized spacial score (nSPS) is 28.5. The van der Waals surface area contributed by atoms with Gasteiger partial charge < -0.3 is 5.11 Å². The first-order chi connectivity index (χ1) is 9.56. The molecule has 0 aromatic rings. The topological polar surface area (TPSA) is 23.5 Å². The van der Waals surface area contributed by atoms with E-state index in [0.29, 0.717) is 6.04 Å². The fourth-order valence-corrected chi connectivity index (χ4v) is 3.19. The summed E-state index contributed by atoms with van der Waals surface area (Å²) in [4.78, 5) is 2.61. The van der Waals surface area contributed by atoms with Crippen LogP contribution in [0, 0.1) is 5.92 Å². The van der Waals surface area contributed by atoms with E-state index in [1.807, 2.05) is 0 Å². The number of piperidine rings is 1. The third-order valence-corrected chi connectivity index (χ3v) is 4.66. The minimum absolute atomic E-state index is 0.0559. The molecule has 1 N–H and O–H groups in total. The van der Waals surface area contributed by atoms with Crippen LogP contribution in [0.1, 0.15) is 59.3 Å². The van der Waals surface area contributed by atoms with Gasteiger partial charge in [-0.15, -0.1) is 0 Å². The van der Waals surface area contributed by atoms with Crippen LogP contribution in [0.3, 0.4) is 0 Å². The Morgan fingerprint density at radius 2 is 1.90 bits per heavy atom. The van der Waals surface area contributed by atoms with E-state index in [4.69, 9.17) is 0 Å². The summed E-state index contributed by atoms with van der Waals surface area (Å²) in [5.41, 5.74) is 2.92. The number of hydrogen-bond acceptors (Lipinski definition) is 2. The third-order valence-electron chi connectivity index (χ3n) is 4.66. The summed E-state index contributed by atoms with van der Waals surface area (Å²) >= 11 is 0. The molecular formula is C18H31NO. The van der Waals surface area contributed by atoms with Gasteiger partial charge in [-0.1, -0.05) is 23.3 Å². The molecule has 114 valence electrons. The van der Waals surface area contributed by atoms with Gasteiger partial charge in [0.2, 0.25) is 0 Å².